The van der Waals surface area contributed by atoms with Gasteiger partial charge in [-0.05, 0) is 133 Å². The SMILES string of the molecule is C=CCO[C@@]12Oc3ccc(Oc4ccc(C)c(C)c4)cc3[C@H]3[C@H](CCCCO)[C@@H](CCCCO)C=C(C(=NOCc4ccccc4)C[C@@H]1N(CCC)C(=O)c1ccc4ccccc4c1)[C@H]32. The molecule has 0 radical (unpaired) electrons. The van der Waals surface area contributed by atoms with E-state index >= 15 is 4.79 Å². The lowest BCUT2D eigenvalue weighted by molar-refractivity contribution is -0.254. The second-order valence-electron chi connectivity index (χ2n) is 17.9. The molecule has 1 amide bonds. The molecule has 1 heterocycles. The number of hydrogen-bond donors (Lipinski definition) is 2. The summed E-state index contributed by atoms with van der Waals surface area (Å²) < 4.78 is 21.3. The number of benzene rings is 5. The maximum absolute atomic E-state index is 15.3. The first-order chi connectivity index (χ1) is 31.8. The van der Waals surface area contributed by atoms with Crippen molar-refractivity contribution in [2.45, 2.75) is 96.5 Å². The fourth-order valence-electron chi connectivity index (χ4n) is 10.5. The first-order valence-electron chi connectivity index (χ1n) is 23.6. The lowest BCUT2D eigenvalue weighted by Gasteiger charge is -2.60. The van der Waals surface area contributed by atoms with Crippen LogP contribution in [0.1, 0.15) is 96.8 Å². The Labute approximate surface area is 384 Å². The van der Waals surface area contributed by atoms with Crippen molar-refractivity contribution in [3.05, 3.63) is 161 Å². The van der Waals surface area contributed by atoms with Crippen LogP contribution in [0.15, 0.2) is 139 Å². The van der Waals surface area contributed by atoms with Crippen LogP contribution < -0.4 is 9.47 Å². The van der Waals surface area contributed by atoms with Gasteiger partial charge >= 0.3 is 0 Å². The minimum Gasteiger partial charge on any atom is -0.459 e. The molecule has 0 spiro atoms. The molecule has 9 nitrogen and oxygen atoms in total. The predicted octanol–water partition coefficient (Wildman–Crippen LogP) is 11.6. The van der Waals surface area contributed by atoms with Crippen LogP contribution in [0.25, 0.3) is 10.8 Å². The van der Waals surface area contributed by atoms with Crippen molar-refractivity contribution < 1.29 is 34.1 Å². The molecule has 0 unspecified atom stereocenters. The van der Waals surface area contributed by atoms with Crippen LogP contribution in [0.2, 0.25) is 0 Å². The molecule has 0 aromatic heterocycles. The molecule has 1 fully saturated rings. The highest BCUT2D eigenvalue weighted by Crippen LogP contribution is 2.62. The zero-order valence-corrected chi connectivity index (χ0v) is 38.2. The molecule has 1 saturated carbocycles. The number of hydrogen-bond acceptors (Lipinski definition) is 8. The molecular formula is C56H64N2O7. The smallest absolute Gasteiger partial charge is 0.254 e. The number of unbranched alkanes of at least 4 members (excludes halogenated alkanes) is 2. The summed E-state index contributed by atoms with van der Waals surface area (Å²) in [4.78, 5) is 23.6. The molecule has 0 bridgehead atoms. The molecule has 8 rings (SSSR count). The normalized spacial score (nSPS) is 22.6. The van der Waals surface area contributed by atoms with E-state index in [4.69, 9.17) is 24.2 Å². The van der Waals surface area contributed by atoms with Crippen molar-refractivity contribution in [1.29, 1.82) is 0 Å². The Hall–Kier alpha value is -5.74. The van der Waals surface area contributed by atoms with Crippen LogP contribution in [0, 0.1) is 31.6 Å². The monoisotopic (exact) mass is 876 g/mol. The molecule has 5 aromatic rings. The molecule has 2 aliphatic carbocycles. The van der Waals surface area contributed by atoms with Crippen LogP contribution in [-0.4, -0.2) is 64.9 Å². The van der Waals surface area contributed by atoms with E-state index < -0.39 is 17.7 Å². The van der Waals surface area contributed by atoms with Gasteiger partial charge in [-0.1, -0.05) is 104 Å². The summed E-state index contributed by atoms with van der Waals surface area (Å²) in [7, 11) is 0. The summed E-state index contributed by atoms with van der Waals surface area (Å²) >= 11 is 0. The molecule has 2 N–H and O–H groups in total. The number of nitrogens with zero attached hydrogens (tertiary/aromatic N) is 2. The number of aryl methyl sites for hydroxylation is 2. The summed E-state index contributed by atoms with van der Waals surface area (Å²) in [5.74, 6) is 0.249. The molecular weight excluding hydrogens is 813 g/mol. The van der Waals surface area contributed by atoms with Gasteiger partial charge in [-0.25, -0.2) is 0 Å². The van der Waals surface area contributed by atoms with E-state index in [1.807, 2.05) is 89.8 Å². The third-order valence-electron chi connectivity index (χ3n) is 13.7. The van der Waals surface area contributed by atoms with E-state index in [2.05, 4.69) is 57.7 Å². The van der Waals surface area contributed by atoms with E-state index in [1.165, 1.54) is 5.56 Å². The number of aliphatic hydroxyl groups is 2. The Morgan fingerprint density at radius 3 is 2.35 bits per heavy atom. The van der Waals surface area contributed by atoms with Crippen LogP contribution in [0.5, 0.6) is 17.2 Å². The van der Waals surface area contributed by atoms with Crippen molar-refractivity contribution in [2.24, 2.45) is 22.9 Å². The largest absolute Gasteiger partial charge is 0.459 e. The molecule has 3 aliphatic rings. The van der Waals surface area contributed by atoms with E-state index in [0.717, 1.165) is 70.2 Å². The minimum absolute atomic E-state index is 0.0845. The van der Waals surface area contributed by atoms with Crippen LogP contribution >= 0.6 is 0 Å². The predicted molar refractivity (Wildman–Crippen MR) is 257 cm³/mol. The summed E-state index contributed by atoms with van der Waals surface area (Å²) in [5, 5.41) is 27.1. The van der Waals surface area contributed by atoms with Crippen molar-refractivity contribution >= 4 is 22.4 Å². The van der Waals surface area contributed by atoms with Gasteiger partial charge in [0.25, 0.3) is 5.91 Å². The fourth-order valence-corrected chi connectivity index (χ4v) is 10.5. The summed E-state index contributed by atoms with van der Waals surface area (Å²) in [6.07, 6.45) is 9.91. The van der Waals surface area contributed by atoms with E-state index in [-0.39, 0.29) is 50.1 Å². The Morgan fingerprint density at radius 1 is 0.862 bits per heavy atom. The number of aliphatic hydroxyl groups excluding tert-OH is 2. The van der Waals surface area contributed by atoms with Crippen LogP contribution in [-0.2, 0) is 16.2 Å². The van der Waals surface area contributed by atoms with E-state index in [9.17, 15) is 10.2 Å². The standard InChI is InChI=1S/C56H64N2O7/c1-5-28-58(55(61)44-24-23-41-18-10-11-19-42(41)33-44)52-36-50(57-63-37-40-16-8-7-9-17-40)48-34-43(20-12-14-29-59)47(21-13-15-30-60)53-49-35-46(64-45-25-22-38(3)39(4)32-45)26-27-51(49)65-56(52,54(48)53)62-31-6-2/h6-11,16-19,22-27,32-35,43,47,52-54,59-60H,2,5,12-15,20-21,28-31,36-37H2,1,3-4H3/t43-,47+,52-,53+,54+,56+/m0/s1. The van der Waals surface area contributed by atoms with Gasteiger partial charge in [0.05, 0.1) is 18.2 Å². The first-order valence-corrected chi connectivity index (χ1v) is 23.6. The Bertz CT molecular complexity index is 2500. The second-order valence-corrected chi connectivity index (χ2v) is 17.9. The van der Waals surface area contributed by atoms with Crippen molar-refractivity contribution in [1.82, 2.24) is 4.90 Å². The minimum atomic E-state index is -1.36. The molecule has 5 aromatic carbocycles. The van der Waals surface area contributed by atoms with E-state index in [1.54, 1.807) is 6.08 Å². The highest BCUT2D eigenvalue weighted by atomic mass is 16.7. The van der Waals surface area contributed by atoms with Crippen molar-refractivity contribution in [3.63, 3.8) is 0 Å². The quantitative estimate of drug-likeness (QED) is 0.0455. The van der Waals surface area contributed by atoms with Crippen LogP contribution in [0.3, 0.4) is 0 Å². The number of ether oxygens (including phenoxy) is 3. The number of oxime groups is 1. The first kappa shape index (κ1) is 45.8. The highest BCUT2D eigenvalue weighted by Gasteiger charge is 2.65. The summed E-state index contributed by atoms with van der Waals surface area (Å²) in [6.45, 7) is 11.5. The average Bonchev–Trinajstić information content (AvgIpc) is 3.32. The molecule has 0 saturated heterocycles. The molecule has 6 atom stereocenters. The summed E-state index contributed by atoms with van der Waals surface area (Å²) in [5.41, 5.74) is 6.70. The topological polar surface area (TPSA) is 110 Å². The fraction of sp³-hybridized carbons (Fsp3) is 0.393. The number of rotatable bonds is 20. The third-order valence-corrected chi connectivity index (χ3v) is 13.7. The summed E-state index contributed by atoms with van der Waals surface area (Å²) in [6, 6.07) is 35.6. The van der Waals surface area contributed by atoms with Gasteiger partial charge in [-0.15, -0.1) is 6.58 Å². The van der Waals surface area contributed by atoms with Gasteiger partial charge in [0.15, 0.2) is 0 Å². The van der Waals surface area contributed by atoms with Gasteiger partial charge in [0.2, 0.25) is 5.79 Å². The van der Waals surface area contributed by atoms with Gasteiger partial charge in [-0.2, -0.15) is 0 Å². The zero-order valence-electron chi connectivity index (χ0n) is 38.2. The number of fused-ring (bicyclic) bond motifs is 3. The average molecular weight is 877 g/mol. The number of carbonyl (C=O) groups is 1. The van der Waals surface area contributed by atoms with Crippen LogP contribution in [0.4, 0.5) is 0 Å². The lowest BCUT2D eigenvalue weighted by atomic mass is 9.55. The van der Waals surface area contributed by atoms with Crippen molar-refractivity contribution in [3.8, 4) is 17.2 Å². The second kappa shape index (κ2) is 21.0. The maximum Gasteiger partial charge on any atom is 0.254 e. The van der Waals surface area contributed by atoms with Gasteiger partial charge in [-0.3, -0.25) is 4.79 Å². The van der Waals surface area contributed by atoms with E-state index in [0.29, 0.717) is 49.3 Å². The Kier molecular flexibility index (Phi) is 14.8. The molecule has 1 aliphatic heterocycles. The number of carbonyl (C=O) groups excluding carboxylic acids is 1. The molecule has 65 heavy (non-hydrogen) atoms. The molecule has 340 valence electrons. The Morgan fingerprint density at radius 2 is 1.60 bits per heavy atom. The third kappa shape index (κ3) is 9.79. The zero-order chi connectivity index (χ0) is 45.3. The highest BCUT2D eigenvalue weighted by molar-refractivity contribution is 6.04. The van der Waals surface area contributed by atoms with Gasteiger partial charge in [0, 0.05) is 43.2 Å². The Balaban J connectivity index is 1.33. The van der Waals surface area contributed by atoms with Gasteiger partial charge in [0.1, 0.15) is 29.9 Å². The van der Waals surface area contributed by atoms with Crippen molar-refractivity contribution in [2.75, 3.05) is 26.4 Å². The number of amides is 1. The maximum atomic E-state index is 15.3. The lowest BCUT2D eigenvalue weighted by Crippen LogP contribution is -2.70. The molecule has 9 heteroatoms. The van der Waals surface area contributed by atoms with Gasteiger partial charge < -0.3 is 34.2 Å². The number of allylic oxidation sites excluding steroid dienone is 1.